The van der Waals surface area contributed by atoms with Crippen molar-refractivity contribution in [3.8, 4) is 0 Å². The lowest BCUT2D eigenvalue weighted by Gasteiger charge is -2.05. The number of hydrogen-bond donors (Lipinski definition) is 2. The molecule has 2 rings (SSSR count). The van der Waals surface area contributed by atoms with E-state index >= 15 is 0 Å². The number of rotatable bonds is 3. The molecule has 0 saturated carbocycles. The third kappa shape index (κ3) is 2.13. The lowest BCUT2D eigenvalue weighted by Crippen LogP contribution is -2.06. The second kappa shape index (κ2) is 4.09. The van der Waals surface area contributed by atoms with Gasteiger partial charge in [-0.05, 0) is 0 Å². The molecule has 2 aromatic heterocycles. The molecule has 0 aliphatic carbocycles. The predicted octanol–water partition coefficient (Wildman–Crippen LogP) is 0.707. The highest BCUT2D eigenvalue weighted by molar-refractivity contribution is 6.32. The van der Waals surface area contributed by atoms with Crippen LogP contribution in [0.3, 0.4) is 0 Å². The molecule has 0 bridgehead atoms. The molecular formula is C7H7ClN6O. The van der Waals surface area contributed by atoms with Gasteiger partial charge < -0.3 is 15.6 Å². The summed E-state index contributed by atoms with van der Waals surface area (Å²) in [6, 6.07) is 0. The number of anilines is 2. The van der Waals surface area contributed by atoms with E-state index in [9.17, 15) is 0 Å². The Kier molecular flexibility index (Phi) is 2.64. The van der Waals surface area contributed by atoms with Crippen LogP contribution < -0.4 is 11.1 Å². The fourth-order valence-corrected chi connectivity index (χ4v) is 1.08. The van der Waals surface area contributed by atoms with Crippen molar-refractivity contribution in [3.05, 3.63) is 23.7 Å². The smallest absolute Gasteiger partial charge is 0.213 e. The molecular weight excluding hydrogens is 220 g/mol. The summed E-state index contributed by atoms with van der Waals surface area (Å²) in [6.45, 7) is 0.355. The van der Waals surface area contributed by atoms with Gasteiger partial charge in [-0.1, -0.05) is 16.8 Å². The number of hydrogen-bond acceptors (Lipinski definition) is 7. The maximum atomic E-state index is 5.71. The highest BCUT2D eigenvalue weighted by Crippen LogP contribution is 2.21. The molecule has 15 heavy (non-hydrogen) atoms. The van der Waals surface area contributed by atoms with E-state index in [4.69, 9.17) is 17.3 Å². The van der Waals surface area contributed by atoms with Crippen molar-refractivity contribution in [2.24, 2.45) is 0 Å². The summed E-state index contributed by atoms with van der Waals surface area (Å²) < 4.78 is 4.57. The van der Waals surface area contributed by atoms with Crippen LogP contribution in [0.1, 0.15) is 5.82 Å². The Balaban J connectivity index is 2.08. The standard InChI is InChI=1S/C7H7ClN6O/c8-6-5(9)7(12-2-11-6)10-1-4-13-3-15-14-4/h2-3H,1,9H2,(H,10,11,12). The van der Waals surface area contributed by atoms with Crippen LogP contribution in [0.2, 0.25) is 5.15 Å². The second-order valence-electron chi connectivity index (χ2n) is 2.63. The lowest BCUT2D eigenvalue weighted by molar-refractivity contribution is 0.411. The van der Waals surface area contributed by atoms with Crippen molar-refractivity contribution in [2.75, 3.05) is 11.1 Å². The number of aromatic nitrogens is 4. The van der Waals surface area contributed by atoms with Crippen molar-refractivity contribution < 1.29 is 4.52 Å². The minimum absolute atomic E-state index is 0.209. The zero-order chi connectivity index (χ0) is 10.7. The summed E-state index contributed by atoms with van der Waals surface area (Å²) in [6.07, 6.45) is 2.56. The molecule has 3 N–H and O–H groups in total. The zero-order valence-electron chi connectivity index (χ0n) is 7.51. The summed E-state index contributed by atoms with van der Waals surface area (Å²) >= 11 is 5.71. The van der Waals surface area contributed by atoms with E-state index in [2.05, 4.69) is 29.9 Å². The Morgan fingerprint density at radius 2 is 2.27 bits per heavy atom. The minimum atomic E-state index is 0.209. The lowest BCUT2D eigenvalue weighted by atomic mass is 10.4. The number of nitrogens with one attached hydrogen (secondary N) is 1. The maximum Gasteiger partial charge on any atom is 0.213 e. The molecule has 0 aliphatic rings. The minimum Gasteiger partial charge on any atom is -0.393 e. The van der Waals surface area contributed by atoms with Crippen LogP contribution in [0.25, 0.3) is 0 Å². The molecule has 2 aromatic rings. The molecule has 78 valence electrons. The normalized spacial score (nSPS) is 10.2. The number of halogens is 1. The van der Waals surface area contributed by atoms with E-state index in [1.54, 1.807) is 0 Å². The van der Waals surface area contributed by atoms with Crippen LogP contribution in [0, 0.1) is 0 Å². The fraction of sp³-hybridized carbons (Fsp3) is 0.143. The first-order valence-electron chi connectivity index (χ1n) is 4.02. The molecule has 0 amide bonds. The van der Waals surface area contributed by atoms with E-state index in [0.717, 1.165) is 0 Å². The summed E-state index contributed by atoms with van der Waals surface area (Å²) in [5.41, 5.74) is 5.93. The van der Waals surface area contributed by atoms with Crippen LogP contribution in [-0.4, -0.2) is 20.1 Å². The first kappa shape index (κ1) is 9.66. The van der Waals surface area contributed by atoms with Crippen molar-refractivity contribution in [3.63, 3.8) is 0 Å². The zero-order valence-corrected chi connectivity index (χ0v) is 8.27. The number of nitrogen functional groups attached to an aromatic ring is 1. The Bertz CT molecular complexity index is 445. The summed E-state index contributed by atoms with van der Waals surface area (Å²) in [5, 5.41) is 6.74. The first-order valence-corrected chi connectivity index (χ1v) is 4.40. The molecule has 2 heterocycles. The summed E-state index contributed by atoms with van der Waals surface area (Å²) in [5.74, 6) is 0.948. The van der Waals surface area contributed by atoms with Gasteiger partial charge in [0.05, 0.1) is 6.54 Å². The van der Waals surface area contributed by atoms with Crippen molar-refractivity contribution in [1.82, 2.24) is 20.1 Å². The van der Waals surface area contributed by atoms with Gasteiger partial charge in [-0.2, -0.15) is 4.98 Å². The molecule has 0 atom stereocenters. The molecule has 0 spiro atoms. The van der Waals surface area contributed by atoms with E-state index in [0.29, 0.717) is 23.9 Å². The van der Waals surface area contributed by atoms with Crippen LogP contribution >= 0.6 is 11.6 Å². The van der Waals surface area contributed by atoms with E-state index < -0.39 is 0 Å². The van der Waals surface area contributed by atoms with Crippen LogP contribution in [0.15, 0.2) is 17.2 Å². The Labute approximate surface area is 89.7 Å². The largest absolute Gasteiger partial charge is 0.393 e. The molecule has 8 heteroatoms. The van der Waals surface area contributed by atoms with Crippen LogP contribution in [0.5, 0.6) is 0 Å². The second-order valence-corrected chi connectivity index (χ2v) is 2.99. The van der Waals surface area contributed by atoms with Crippen LogP contribution in [0.4, 0.5) is 11.5 Å². The Morgan fingerprint density at radius 1 is 1.40 bits per heavy atom. The van der Waals surface area contributed by atoms with Gasteiger partial charge in [0.1, 0.15) is 12.0 Å². The average molecular weight is 227 g/mol. The molecule has 0 fully saturated rings. The Morgan fingerprint density at radius 3 is 3.00 bits per heavy atom. The molecule has 0 aliphatic heterocycles. The van der Waals surface area contributed by atoms with E-state index in [-0.39, 0.29) is 5.15 Å². The van der Waals surface area contributed by atoms with Crippen molar-refractivity contribution >= 4 is 23.1 Å². The van der Waals surface area contributed by atoms with E-state index in [1.807, 2.05) is 0 Å². The first-order chi connectivity index (χ1) is 7.27. The third-order valence-electron chi connectivity index (χ3n) is 1.66. The van der Waals surface area contributed by atoms with Gasteiger partial charge in [-0.25, -0.2) is 9.97 Å². The van der Waals surface area contributed by atoms with Crippen molar-refractivity contribution in [1.29, 1.82) is 0 Å². The van der Waals surface area contributed by atoms with Crippen LogP contribution in [-0.2, 0) is 6.54 Å². The fourth-order valence-electron chi connectivity index (χ4n) is 0.948. The SMILES string of the molecule is Nc1c(Cl)ncnc1NCc1ncon1. The number of nitrogens with zero attached hydrogens (tertiary/aromatic N) is 4. The molecule has 0 saturated heterocycles. The van der Waals surface area contributed by atoms with Gasteiger partial charge >= 0.3 is 0 Å². The highest BCUT2D eigenvalue weighted by Gasteiger charge is 2.06. The van der Waals surface area contributed by atoms with Crippen molar-refractivity contribution in [2.45, 2.75) is 6.54 Å². The molecule has 7 nitrogen and oxygen atoms in total. The van der Waals surface area contributed by atoms with E-state index in [1.165, 1.54) is 12.7 Å². The highest BCUT2D eigenvalue weighted by atomic mass is 35.5. The average Bonchev–Trinajstić information content (AvgIpc) is 2.73. The van der Waals surface area contributed by atoms with Gasteiger partial charge in [-0.15, -0.1) is 0 Å². The van der Waals surface area contributed by atoms with Gasteiger partial charge in [-0.3, -0.25) is 0 Å². The molecule has 0 aromatic carbocycles. The van der Waals surface area contributed by atoms with Gasteiger partial charge in [0, 0.05) is 0 Å². The summed E-state index contributed by atoms with van der Waals surface area (Å²) in [4.78, 5) is 11.5. The number of nitrogens with two attached hydrogens (primary N) is 1. The topological polar surface area (TPSA) is 103 Å². The van der Waals surface area contributed by atoms with Gasteiger partial charge in [0.25, 0.3) is 0 Å². The van der Waals surface area contributed by atoms with Gasteiger partial charge in [0.2, 0.25) is 6.39 Å². The molecule has 0 unspecified atom stereocenters. The molecule has 0 radical (unpaired) electrons. The monoisotopic (exact) mass is 226 g/mol. The maximum absolute atomic E-state index is 5.71. The third-order valence-corrected chi connectivity index (χ3v) is 1.96. The Hall–Kier alpha value is -1.89. The summed E-state index contributed by atoms with van der Waals surface area (Å²) in [7, 11) is 0. The quantitative estimate of drug-likeness (QED) is 0.743. The van der Waals surface area contributed by atoms with Gasteiger partial charge in [0.15, 0.2) is 16.8 Å². The predicted molar refractivity (Wildman–Crippen MR) is 53.1 cm³/mol.